The summed E-state index contributed by atoms with van der Waals surface area (Å²) in [6.45, 7) is 5.94. The van der Waals surface area contributed by atoms with Gasteiger partial charge in [0.05, 0.1) is 0 Å². The second kappa shape index (κ2) is 14.2. The molecular weight excluding hydrogens is 354 g/mol. The molecule has 5 nitrogen and oxygen atoms in total. The smallest absolute Gasteiger partial charge is 0.376 e. The lowest BCUT2D eigenvalue weighted by Crippen LogP contribution is -2.51. The molecule has 0 aromatic heterocycles. The quantitative estimate of drug-likeness (QED) is 0.389. The predicted molar refractivity (Wildman–Crippen MR) is 106 cm³/mol. The minimum atomic E-state index is -2.63. The third kappa shape index (κ3) is 10.1. The van der Waals surface area contributed by atoms with E-state index >= 15 is 0 Å². The van der Waals surface area contributed by atoms with E-state index in [1.807, 2.05) is 0 Å². The van der Waals surface area contributed by atoms with Gasteiger partial charge in [-0.2, -0.15) is 0 Å². The maximum absolute atomic E-state index is 11.9. The number of unbranched alkanes of at least 4 members (excludes halogenated alkanes) is 4. The second-order valence-corrected chi connectivity index (χ2v) is 10.7. The number of hydrogen-bond acceptors (Lipinski definition) is 6. The largest absolute Gasteiger partial charge is 0.517 e. The fraction of sp³-hybridized carbons (Fsp3) is 0.944. The van der Waals surface area contributed by atoms with Crippen LogP contribution in [0.4, 0.5) is 0 Å². The lowest BCUT2D eigenvalue weighted by atomic mass is 10.0. The molecule has 2 unspecified atom stereocenters. The van der Waals surface area contributed by atoms with Crippen molar-refractivity contribution in [1.82, 2.24) is 5.48 Å². The highest BCUT2D eigenvalue weighted by Gasteiger charge is 2.41. The van der Waals surface area contributed by atoms with Gasteiger partial charge in [-0.1, -0.05) is 57.7 Å². The summed E-state index contributed by atoms with van der Waals surface area (Å²) >= 11 is 1.45. The third-order valence-electron chi connectivity index (χ3n) is 4.71. The molecule has 1 N–H and O–H groups in total. The molecule has 0 aromatic rings. The highest BCUT2D eigenvalue weighted by molar-refractivity contribution is 8.13. The van der Waals surface area contributed by atoms with Gasteiger partial charge in [-0.25, -0.2) is 5.48 Å². The highest BCUT2D eigenvalue weighted by Crippen LogP contribution is 2.22. The van der Waals surface area contributed by atoms with Crippen LogP contribution in [0, 0.1) is 5.92 Å². The van der Waals surface area contributed by atoms with Crippen molar-refractivity contribution in [2.45, 2.75) is 77.7 Å². The standard InChI is InChI=1S/C18H37NO4SSi/c1-4-6-7-8-9-11-18(20)24-14-10-15-25(21-3)22-13-12-17(5-2)16-19-23-25/h17,19H,4-16H2,1-3H3. The average Bonchev–Trinajstić information content (AvgIpc) is 2.60. The number of carbonyl (C=O) groups excluding carboxylic acids is 1. The van der Waals surface area contributed by atoms with Gasteiger partial charge in [0.25, 0.3) is 0 Å². The minimum Gasteiger partial charge on any atom is -0.376 e. The molecule has 1 saturated heterocycles. The number of carbonyl (C=O) groups is 1. The first-order valence-electron chi connectivity index (χ1n) is 9.91. The Morgan fingerprint density at radius 2 is 2.04 bits per heavy atom. The Hall–Kier alpha value is 0.0769. The maximum Gasteiger partial charge on any atom is 0.517 e. The Balaban J connectivity index is 2.18. The first-order valence-corrected chi connectivity index (χ1v) is 12.8. The zero-order valence-corrected chi connectivity index (χ0v) is 18.1. The number of nitrogens with one attached hydrogen (secondary N) is 1. The van der Waals surface area contributed by atoms with Crippen LogP contribution in [0.2, 0.25) is 6.04 Å². The van der Waals surface area contributed by atoms with E-state index in [2.05, 4.69) is 19.3 Å². The highest BCUT2D eigenvalue weighted by atomic mass is 32.2. The van der Waals surface area contributed by atoms with E-state index in [4.69, 9.17) is 13.4 Å². The summed E-state index contributed by atoms with van der Waals surface area (Å²) in [4.78, 5) is 11.9. The van der Waals surface area contributed by atoms with Crippen LogP contribution in [-0.4, -0.2) is 39.9 Å². The molecule has 0 amide bonds. The summed E-state index contributed by atoms with van der Waals surface area (Å²) < 4.78 is 17.4. The molecule has 7 heteroatoms. The Kier molecular flexibility index (Phi) is 13.1. The number of rotatable bonds is 12. The molecule has 0 spiro atoms. The van der Waals surface area contributed by atoms with Gasteiger partial charge in [0.15, 0.2) is 5.12 Å². The zero-order chi connectivity index (χ0) is 18.4. The van der Waals surface area contributed by atoms with E-state index in [0.29, 0.717) is 24.1 Å². The van der Waals surface area contributed by atoms with Crippen LogP contribution in [-0.2, 0) is 18.2 Å². The fourth-order valence-corrected chi connectivity index (χ4v) is 5.99. The Labute approximate surface area is 159 Å². The molecule has 2 atom stereocenters. The average molecular weight is 392 g/mol. The van der Waals surface area contributed by atoms with Crippen LogP contribution < -0.4 is 5.48 Å². The van der Waals surface area contributed by atoms with E-state index < -0.39 is 8.80 Å². The molecule has 1 fully saturated rings. The molecule has 1 heterocycles. The maximum atomic E-state index is 11.9. The van der Waals surface area contributed by atoms with Crippen molar-refractivity contribution in [1.29, 1.82) is 0 Å². The van der Waals surface area contributed by atoms with Crippen molar-refractivity contribution in [3.8, 4) is 0 Å². The van der Waals surface area contributed by atoms with Crippen LogP contribution in [0.3, 0.4) is 0 Å². The Bertz CT molecular complexity index is 350. The number of hydroxylamine groups is 1. The van der Waals surface area contributed by atoms with Gasteiger partial charge in [0.1, 0.15) is 0 Å². The summed E-state index contributed by atoms with van der Waals surface area (Å²) in [5, 5.41) is 0.313. The minimum absolute atomic E-state index is 0.313. The normalized spacial score (nSPS) is 24.7. The van der Waals surface area contributed by atoms with Crippen molar-refractivity contribution < 1.29 is 18.2 Å². The van der Waals surface area contributed by atoms with Crippen molar-refractivity contribution in [3.63, 3.8) is 0 Å². The van der Waals surface area contributed by atoms with Gasteiger partial charge in [-0.3, -0.25) is 9.32 Å². The van der Waals surface area contributed by atoms with Crippen LogP contribution in [0.25, 0.3) is 0 Å². The number of hydrogen-bond donors (Lipinski definition) is 1. The lowest BCUT2D eigenvalue weighted by Gasteiger charge is -2.31. The lowest BCUT2D eigenvalue weighted by molar-refractivity contribution is -0.111. The van der Waals surface area contributed by atoms with Crippen molar-refractivity contribution in [3.05, 3.63) is 0 Å². The van der Waals surface area contributed by atoms with Gasteiger partial charge < -0.3 is 8.85 Å². The molecular formula is C18H37NO4SSi. The molecule has 1 aliphatic rings. The van der Waals surface area contributed by atoms with Gasteiger partial charge in [-0.15, -0.1) is 0 Å². The van der Waals surface area contributed by atoms with Crippen LogP contribution in [0.1, 0.15) is 71.6 Å². The molecule has 1 aliphatic heterocycles. The van der Waals surface area contributed by atoms with Crippen molar-refractivity contribution in [2.75, 3.05) is 26.0 Å². The van der Waals surface area contributed by atoms with Crippen LogP contribution in [0.15, 0.2) is 0 Å². The van der Waals surface area contributed by atoms with Gasteiger partial charge in [-0.05, 0) is 25.2 Å². The summed E-state index contributed by atoms with van der Waals surface area (Å²) in [7, 11) is -0.962. The molecule has 1 rings (SSSR count). The van der Waals surface area contributed by atoms with E-state index in [9.17, 15) is 4.79 Å². The first-order chi connectivity index (χ1) is 12.2. The fourth-order valence-electron chi connectivity index (χ4n) is 2.88. The van der Waals surface area contributed by atoms with E-state index in [0.717, 1.165) is 44.0 Å². The molecule has 148 valence electrons. The van der Waals surface area contributed by atoms with Gasteiger partial charge >= 0.3 is 8.80 Å². The first kappa shape index (κ1) is 23.1. The predicted octanol–water partition coefficient (Wildman–Crippen LogP) is 4.55. The van der Waals surface area contributed by atoms with Gasteiger partial charge in [0.2, 0.25) is 0 Å². The van der Waals surface area contributed by atoms with Crippen LogP contribution >= 0.6 is 11.8 Å². The monoisotopic (exact) mass is 391 g/mol. The van der Waals surface area contributed by atoms with E-state index in [1.165, 1.54) is 37.4 Å². The van der Waals surface area contributed by atoms with Crippen molar-refractivity contribution in [2.24, 2.45) is 5.92 Å². The van der Waals surface area contributed by atoms with E-state index in [-0.39, 0.29) is 0 Å². The Morgan fingerprint density at radius 3 is 2.76 bits per heavy atom. The van der Waals surface area contributed by atoms with Crippen LogP contribution in [0.5, 0.6) is 0 Å². The molecule has 25 heavy (non-hydrogen) atoms. The van der Waals surface area contributed by atoms with Crippen molar-refractivity contribution >= 4 is 25.7 Å². The molecule has 0 radical (unpaired) electrons. The van der Waals surface area contributed by atoms with E-state index in [1.54, 1.807) is 7.11 Å². The third-order valence-corrected chi connectivity index (χ3v) is 8.42. The topological polar surface area (TPSA) is 56.8 Å². The summed E-state index contributed by atoms with van der Waals surface area (Å²) in [5.74, 6) is 1.41. The molecule has 0 bridgehead atoms. The Morgan fingerprint density at radius 1 is 1.24 bits per heavy atom. The SMILES string of the molecule is CCCCCCCC(=O)SCCC[Si]1(OC)OCCC(CC)CNO1. The molecule has 0 saturated carbocycles. The summed E-state index contributed by atoms with van der Waals surface area (Å²) in [6.07, 6.45) is 9.71. The molecule has 0 aromatic carbocycles. The zero-order valence-electron chi connectivity index (χ0n) is 16.3. The summed E-state index contributed by atoms with van der Waals surface area (Å²) in [6, 6.07) is 0.754. The van der Waals surface area contributed by atoms with Gasteiger partial charge in [0, 0.05) is 38.5 Å². The second-order valence-electron chi connectivity index (χ2n) is 6.74. The summed E-state index contributed by atoms with van der Waals surface area (Å²) in [5.41, 5.74) is 3.06. The molecule has 0 aliphatic carbocycles. The number of thioether (sulfide) groups is 1.